The molecule has 0 amide bonds. The summed E-state index contributed by atoms with van der Waals surface area (Å²) in [6, 6.07) is 3.24. The number of rotatable bonds is 0. The standard InChI is InChI=1S/C6H3N5O/c7-3-4-6(12)11-5(10-9-4)1-2-8-11/h1-2,8H. The van der Waals surface area contributed by atoms with Gasteiger partial charge in [-0.15, -0.1) is 10.2 Å². The van der Waals surface area contributed by atoms with Gasteiger partial charge in [0.1, 0.15) is 6.07 Å². The van der Waals surface area contributed by atoms with Crippen molar-refractivity contribution in [1.82, 2.24) is 19.8 Å². The lowest BCUT2D eigenvalue weighted by molar-refractivity contribution is 0.841. The lowest BCUT2D eigenvalue weighted by atomic mass is 10.5. The van der Waals surface area contributed by atoms with Crippen LogP contribution in [0.5, 0.6) is 0 Å². The molecular weight excluding hydrogens is 158 g/mol. The Morgan fingerprint density at radius 3 is 3.17 bits per heavy atom. The van der Waals surface area contributed by atoms with E-state index in [4.69, 9.17) is 5.26 Å². The van der Waals surface area contributed by atoms with E-state index in [0.29, 0.717) is 5.65 Å². The Bertz CT molecular complexity index is 516. The van der Waals surface area contributed by atoms with Crippen molar-refractivity contribution in [2.75, 3.05) is 0 Å². The third-order valence-electron chi connectivity index (χ3n) is 1.43. The SMILES string of the molecule is N#Cc1nnc2cc[nH]n2c1=O. The molecule has 1 N–H and O–H groups in total. The Morgan fingerprint density at radius 1 is 1.58 bits per heavy atom. The second-order valence-electron chi connectivity index (χ2n) is 2.12. The maximum absolute atomic E-state index is 11.2. The lowest BCUT2D eigenvalue weighted by Gasteiger charge is -1.89. The maximum Gasteiger partial charge on any atom is 0.309 e. The Kier molecular flexibility index (Phi) is 1.18. The van der Waals surface area contributed by atoms with E-state index in [-0.39, 0.29) is 5.69 Å². The summed E-state index contributed by atoms with van der Waals surface area (Å²) in [4.78, 5) is 11.2. The fourth-order valence-corrected chi connectivity index (χ4v) is 0.888. The van der Waals surface area contributed by atoms with Crippen LogP contribution in [0.1, 0.15) is 5.69 Å². The molecule has 0 unspecified atom stereocenters. The van der Waals surface area contributed by atoms with Gasteiger partial charge in [0.05, 0.1) is 0 Å². The maximum atomic E-state index is 11.2. The van der Waals surface area contributed by atoms with Crippen molar-refractivity contribution in [2.45, 2.75) is 0 Å². The Balaban J connectivity index is 3.00. The van der Waals surface area contributed by atoms with E-state index in [1.165, 1.54) is 0 Å². The summed E-state index contributed by atoms with van der Waals surface area (Å²) in [5, 5.41) is 18.1. The molecule has 0 aliphatic rings. The van der Waals surface area contributed by atoms with Crippen LogP contribution in [-0.4, -0.2) is 19.8 Å². The summed E-state index contributed by atoms with van der Waals surface area (Å²) in [5.41, 5.74) is -0.290. The van der Waals surface area contributed by atoms with Gasteiger partial charge in [-0.25, -0.2) is 0 Å². The first-order chi connectivity index (χ1) is 5.83. The van der Waals surface area contributed by atoms with E-state index in [0.717, 1.165) is 4.52 Å². The number of nitrogens with zero attached hydrogens (tertiary/aromatic N) is 4. The van der Waals surface area contributed by atoms with Crippen molar-refractivity contribution in [3.8, 4) is 6.07 Å². The number of aromatic amines is 1. The van der Waals surface area contributed by atoms with Crippen LogP contribution in [0.3, 0.4) is 0 Å². The quantitative estimate of drug-likeness (QED) is 0.552. The lowest BCUT2D eigenvalue weighted by Crippen LogP contribution is -2.19. The molecule has 0 radical (unpaired) electrons. The number of hydrogen-bond acceptors (Lipinski definition) is 4. The molecule has 0 spiro atoms. The highest BCUT2D eigenvalue weighted by atomic mass is 16.1. The first-order valence-electron chi connectivity index (χ1n) is 3.16. The van der Waals surface area contributed by atoms with Crippen LogP contribution < -0.4 is 5.56 Å². The molecule has 0 fully saturated rings. The van der Waals surface area contributed by atoms with E-state index in [9.17, 15) is 4.79 Å². The molecule has 0 atom stereocenters. The predicted octanol–water partition coefficient (Wildman–Crippen LogP) is -0.711. The van der Waals surface area contributed by atoms with Crippen LogP contribution in [0, 0.1) is 11.3 Å². The highest BCUT2D eigenvalue weighted by Gasteiger charge is 2.04. The molecule has 0 aromatic carbocycles. The zero-order valence-corrected chi connectivity index (χ0v) is 5.85. The van der Waals surface area contributed by atoms with Crippen molar-refractivity contribution in [3.63, 3.8) is 0 Å². The van der Waals surface area contributed by atoms with Crippen LogP contribution in [0.25, 0.3) is 5.65 Å². The molecule has 6 heteroatoms. The summed E-state index contributed by atoms with van der Waals surface area (Å²) in [6.07, 6.45) is 1.55. The molecule has 0 saturated heterocycles. The molecule has 0 bridgehead atoms. The third kappa shape index (κ3) is 0.703. The second kappa shape index (κ2) is 2.17. The van der Waals surface area contributed by atoms with Gasteiger partial charge in [0, 0.05) is 12.3 Å². The van der Waals surface area contributed by atoms with E-state index in [2.05, 4.69) is 15.3 Å². The minimum absolute atomic E-state index is 0.213. The molecule has 12 heavy (non-hydrogen) atoms. The van der Waals surface area contributed by atoms with Crippen LogP contribution in [0.4, 0.5) is 0 Å². The van der Waals surface area contributed by atoms with Crippen molar-refractivity contribution in [3.05, 3.63) is 28.3 Å². The average Bonchev–Trinajstić information content (AvgIpc) is 2.53. The van der Waals surface area contributed by atoms with Gasteiger partial charge in [-0.1, -0.05) is 0 Å². The molecule has 0 saturated carbocycles. The largest absolute Gasteiger partial charge is 0.309 e. The highest BCUT2D eigenvalue weighted by Crippen LogP contribution is 1.90. The summed E-state index contributed by atoms with van der Waals surface area (Å²) in [5.74, 6) is 0. The smallest absolute Gasteiger partial charge is 0.297 e. The summed E-state index contributed by atoms with van der Waals surface area (Å²) in [7, 11) is 0. The van der Waals surface area contributed by atoms with Gasteiger partial charge in [-0.3, -0.25) is 9.89 Å². The van der Waals surface area contributed by atoms with Crippen LogP contribution in [-0.2, 0) is 0 Å². The van der Waals surface area contributed by atoms with E-state index < -0.39 is 5.56 Å². The third-order valence-corrected chi connectivity index (χ3v) is 1.43. The summed E-state index contributed by atoms with van der Waals surface area (Å²) < 4.78 is 1.16. The zero-order chi connectivity index (χ0) is 8.55. The second-order valence-corrected chi connectivity index (χ2v) is 2.12. The van der Waals surface area contributed by atoms with Crippen LogP contribution in [0.2, 0.25) is 0 Å². The van der Waals surface area contributed by atoms with E-state index in [1.54, 1.807) is 18.3 Å². The topological polar surface area (TPSA) is 86.8 Å². The first kappa shape index (κ1) is 6.54. The Labute approximate surface area is 66.1 Å². The number of fused-ring (bicyclic) bond motifs is 1. The van der Waals surface area contributed by atoms with Crippen molar-refractivity contribution in [2.24, 2.45) is 0 Å². The number of nitriles is 1. The van der Waals surface area contributed by atoms with Crippen LogP contribution in [0.15, 0.2) is 17.1 Å². The Hall–Kier alpha value is -2.16. The van der Waals surface area contributed by atoms with Crippen LogP contribution >= 0.6 is 0 Å². The number of hydrogen-bond donors (Lipinski definition) is 1. The first-order valence-corrected chi connectivity index (χ1v) is 3.16. The minimum atomic E-state index is -0.479. The fourth-order valence-electron chi connectivity index (χ4n) is 0.888. The van der Waals surface area contributed by atoms with Crippen molar-refractivity contribution < 1.29 is 0 Å². The van der Waals surface area contributed by atoms with Gasteiger partial charge < -0.3 is 0 Å². The van der Waals surface area contributed by atoms with Gasteiger partial charge in [0.25, 0.3) is 0 Å². The molecule has 6 nitrogen and oxygen atoms in total. The van der Waals surface area contributed by atoms with Crippen molar-refractivity contribution >= 4 is 5.65 Å². The van der Waals surface area contributed by atoms with Gasteiger partial charge in [-0.05, 0) is 0 Å². The van der Waals surface area contributed by atoms with Gasteiger partial charge in [0.2, 0.25) is 5.69 Å². The highest BCUT2D eigenvalue weighted by molar-refractivity contribution is 5.35. The molecule has 0 aliphatic carbocycles. The molecule has 0 aliphatic heterocycles. The van der Waals surface area contributed by atoms with Crippen molar-refractivity contribution in [1.29, 1.82) is 5.26 Å². The van der Waals surface area contributed by atoms with Gasteiger partial charge in [-0.2, -0.15) is 9.78 Å². The average molecular weight is 161 g/mol. The summed E-state index contributed by atoms with van der Waals surface area (Å²) in [6.45, 7) is 0. The molecule has 2 aromatic heterocycles. The predicted molar refractivity (Wildman–Crippen MR) is 38.3 cm³/mol. The fraction of sp³-hybridized carbons (Fsp3) is 0. The van der Waals surface area contributed by atoms with Gasteiger partial charge in [0.15, 0.2) is 5.65 Å². The van der Waals surface area contributed by atoms with E-state index >= 15 is 0 Å². The normalized spacial score (nSPS) is 9.92. The molecule has 2 heterocycles. The molecular formula is C6H3N5O. The van der Waals surface area contributed by atoms with Gasteiger partial charge >= 0.3 is 5.56 Å². The number of nitrogens with one attached hydrogen (secondary N) is 1. The molecule has 2 rings (SSSR count). The molecule has 58 valence electrons. The molecule has 2 aromatic rings. The number of H-pyrrole nitrogens is 1. The zero-order valence-electron chi connectivity index (χ0n) is 5.85. The summed E-state index contributed by atoms with van der Waals surface area (Å²) >= 11 is 0. The minimum Gasteiger partial charge on any atom is -0.297 e. The van der Waals surface area contributed by atoms with E-state index in [1.807, 2.05) is 0 Å². The number of aromatic nitrogens is 4. The Morgan fingerprint density at radius 2 is 2.42 bits per heavy atom. The monoisotopic (exact) mass is 161 g/mol.